The molecule has 4 heteroatoms. The summed E-state index contributed by atoms with van der Waals surface area (Å²) in [4.78, 5) is 16.2. The number of urea groups is 1. The van der Waals surface area contributed by atoms with Gasteiger partial charge >= 0.3 is 6.03 Å². The van der Waals surface area contributed by atoms with Gasteiger partial charge < -0.3 is 10.2 Å². The van der Waals surface area contributed by atoms with E-state index in [0.29, 0.717) is 0 Å². The molecule has 0 aromatic heterocycles. The fourth-order valence-corrected chi connectivity index (χ4v) is 3.02. The number of hydrogen-bond donors (Lipinski definition) is 1. The predicted molar refractivity (Wildman–Crippen MR) is 91.0 cm³/mol. The zero-order valence-electron chi connectivity index (χ0n) is 14.0. The van der Waals surface area contributed by atoms with Crippen molar-refractivity contribution in [1.82, 2.24) is 15.1 Å². The third-order valence-electron chi connectivity index (χ3n) is 4.44. The average molecular weight is 303 g/mol. The zero-order chi connectivity index (χ0) is 15.8. The summed E-state index contributed by atoms with van der Waals surface area (Å²) in [6, 6.07) is 8.82. The summed E-state index contributed by atoms with van der Waals surface area (Å²) in [6.45, 7) is 9.69. The van der Waals surface area contributed by atoms with Crippen molar-refractivity contribution in [1.29, 1.82) is 0 Å². The van der Waals surface area contributed by atoms with E-state index in [0.717, 1.165) is 58.5 Å². The van der Waals surface area contributed by atoms with Gasteiger partial charge in [-0.05, 0) is 50.8 Å². The molecule has 22 heavy (non-hydrogen) atoms. The molecule has 2 rings (SSSR count). The van der Waals surface area contributed by atoms with Crippen molar-refractivity contribution < 1.29 is 4.79 Å². The maximum absolute atomic E-state index is 11.8. The Kier molecular flexibility index (Phi) is 6.72. The van der Waals surface area contributed by atoms with Crippen LogP contribution in [-0.4, -0.2) is 48.6 Å². The van der Waals surface area contributed by atoms with Crippen molar-refractivity contribution >= 4 is 6.03 Å². The van der Waals surface area contributed by atoms with Gasteiger partial charge in [-0.2, -0.15) is 0 Å². The standard InChI is InChI=1S/C18H29N3O/c1-3-21(4-2)18(22)19-12-7-8-13-20-14-11-16-9-5-6-10-17(16)15-20/h5-6,9-10H,3-4,7-8,11-15H2,1-2H3,(H,19,22). The lowest BCUT2D eigenvalue weighted by atomic mass is 10.00. The van der Waals surface area contributed by atoms with E-state index in [9.17, 15) is 4.79 Å². The summed E-state index contributed by atoms with van der Waals surface area (Å²) in [6.07, 6.45) is 3.35. The third kappa shape index (κ3) is 4.73. The molecule has 122 valence electrons. The fraction of sp³-hybridized carbons (Fsp3) is 0.611. The number of benzene rings is 1. The molecular weight excluding hydrogens is 274 g/mol. The summed E-state index contributed by atoms with van der Waals surface area (Å²) >= 11 is 0. The Hall–Kier alpha value is -1.55. The van der Waals surface area contributed by atoms with Crippen LogP contribution >= 0.6 is 0 Å². The Morgan fingerprint density at radius 1 is 1.18 bits per heavy atom. The van der Waals surface area contributed by atoms with Crippen LogP contribution in [0, 0.1) is 0 Å². The molecule has 4 nitrogen and oxygen atoms in total. The molecule has 0 bridgehead atoms. The van der Waals surface area contributed by atoms with Crippen LogP contribution in [0.4, 0.5) is 4.79 Å². The topological polar surface area (TPSA) is 35.6 Å². The lowest BCUT2D eigenvalue weighted by Gasteiger charge is -2.28. The van der Waals surface area contributed by atoms with Gasteiger partial charge in [0.05, 0.1) is 0 Å². The summed E-state index contributed by atoms with van der Waals surface area (Å²) in [5.74, 6) is 0. The first-order chi connectivity index (χ1) is 10.7. The molecule has 0 spiro atoms. The molecule has 0 saturated heterocycles. The first kappa shape index (κ1) is 16.8. The van der Waals surface area contributed by atoms with Gasteiger partial charge in [0, 0.05) is 32.7 Å². The average Bonchev–Trinajstić information content (AvgIpc) is 2.55. The largest absolute Gasteiger partial charge is 0.338 e. The summed E-state index contributed by atoms with van der Waals surface area (Å²) < 4.78 is 0. The quantitative estimate of drug-likeness (QED) is 0.786. The van der Waals surface area contributed by atoms with Crippen LogP contribution in [0.1, 0.15) is 37.8 Å². The number of nitrogens with one attached hydrogen (secondary N) is 1. The van der Waals surface area contributed by atoms with E-state index < -0.39 is 0 Å². The maximum atomic E-state index is 11.8. The van der Waals surface area contributed by atoms with Gasteiger partial charge in [0.25, 0.3) is 0 Å². The Bertz CT molecular complexity index is 471. The van der Waals surface area contributed by atoms with Crippen LogP contribution in [-0.2, 0) is 13.0 Å². The first-order valence-corrected chi connectivity index (χ1v) is 8.56. The molecule has 1 aromatic rings. The molecule has 1 heterocycles. The molecular formula is C18H29N3O. The highest BCUT2D eigenvalue weighted by molar-refractivity contribution is 5.73. The van der Waals surface area contributed by atoms with Crippen LogP contribution in [0.25, 0.3) is 0 Å². The molecule has 0 saturated carbocycles. The Labute approximate surface area is 134 Å². The van der Waals surface area contributed by atoms with Crippen molar-refractivity contribution in [2.45, 2.75) is 39.7 Å². The van der Waals surface area contributed by atoms with Crippen molar-refractivity contribution in [3.05, 3.63) is 35.4 Å². The van der Waals surface area contributed by atoms with E-state index in [1.807, 2.05) is 18.7 Å². The Morgan fingerprint density at radius 3 is 2.64 bits per heavy atom. The summed E-state index contributed by atoms with van der Waals surface area (Å²) in [5, 5.41) is 3.01. The monoisotopic (exact) mass is 303 g/mol. The molecule has 0 radical (unpaired) electrons. The van der Waals surface area contributed by atoms with Gasteiger partial charge in [0.1, 0.15) is 0 Å². The minimum Gasteiger partial charge on any atom is -0.338 e. The number of rotatable bonds is 7. The third-order valence-corrected chi connectivity index (χ3v) is 4.44. The minimum atomic E-state index is 0.0666. The zero-order valence-corrected chi connectivity index (χ0v) is 14.0. The smallest absolute Gasteiger partial charge is 0.317 e. The fourth-order valence-electron chi connectivity index (χ4n) is 3.02. The van der Waals surface area contributed by atoms with Crippen molar-refractivity contribution in [2.24, 2.45) is 0 Å². The normalized spacial score (nSPS) is 14.5. The van der Waals surface area contributed by atoms with E-state index in [1.54, 1.807) is 0 Å². The van der Waals surface area contributed by atoms with E-state index >= 15 is 0 Å². The second-order valence-electron chi connectivity index (χ2n) is 5.91. The summed E-state index contributed by atoms with van der Waals surface area (Å²) in [7, 11) is 0. The second kappa shape index (κ2) is 8.79. The van der Waals surface area contributed by atoms with Gasteiger partial charge in [-0.3, -0.25) is 4.90 Å². The van der Waals surface area contributed by atoms with Crippen molar-refractivity contribution in [2.75, 3.05) is 32.7 Å². The lowest BCUT2D eigenvalue weighted by molar-refractivity contribution is 0.202. The highest BCUT2D eigenvalue weighted by Gasteiger charge is 2.14. The molecule has 1 N–H and O–H groups in total. The number of carbonyl (C=O) groups is 1. The summed E-state index contributed by atoms with van der Waals surface area (Å²) in [5.41, 5.74) is 2.98. The molecule has 1 aliphatic rings. The highest BCUT2D eigenvalue weighted by Crippen LogP contribution is 2.18. The lowest BCUT2D eigenvalue weighted by Crippen LogP contribution is -2.40. The van der Waals surface area contributed by atoms with E-state index in [2.05, 4.69) is 34.5 Å². The van der Waals surface area contributed by atoms with E-state index in [-0.39, 0.29) is 6.03 Å². The highest BCUT2D eigenvalue weighted by atomic mass is 16.2. The van der Waals surface area contributed by atoms with Gasteiger partial charge in [0.2, 0.25) is 0 Å². The number of amides is 2. The van der Waals surface area contributed by atoms with Crippen LogP contribution in [0.2, 0.25) is 0 Å². The Morgan fingerprint density at radius 2 is 1.91 bits per heavy atom. The second-order valence-corrected chi connectivity index (χ2v) is 5.91. The van der Waals surface area contributed by atoms with Gasteiger partial charge in [-0.25, -0.2) is 4.79 Å². The molecule has 0 atom stereocenters. The maximum Gasteiger partial charge on any atom is 0.317 e. The number of unbranched alkanes of at least 4 members (excludes halogenated alkanes) is 1. The van der Waals surface area contributed by atoms with Crippen molar-refractivity contribution in [3.8, 4) is 0 Å². The van der Waals surface area contributed by atoms with Crippen LogP contribution in [0.3, 0.4) is 0 Å². The molecule has 1 aliphatic heterocycles. The number of carbonyl (C=O) groups excluding carboxylic acids is 1. The van der Waals surface area contributed by atoms with Crippen LogP contribution in [0.5, 0.6) is 0 Å². The molecule has 2 amide bonds. The van der Waals surface area contributed by atoms with Crippen LogP contribution in [0.15, 0.2) is 24.3 Å². The van der Waals surface area contributed by atoms with Gasteiger partial charge in [-0.15, -0.1) is 0 Å². The first-order valence-electron chi connectivity index (χ1n) is 8.56. The van der Waals surface area contributed by atoms with Gasteiger partial charge in [-0.1, -0.05) is 24.3 Å². The van der Waals surface area contributed by atoms with Crippen molar-refractivity contribution in [3.63, 3.8) is 0 Å². The predicted octanol–water partition coefficient (Wildman–Crippen LogP) is 2.88. The molecule has 0 unspecified atom stereocenters. The van der Waals surface area contributed by atoms with E-state index in [1.165, 1.54) is 11.1 Å². The number of fused-ring (bicyclic) bond motifs is 1. The van der Waals surface area contributed by atoms with E-state index in [4.69, 9.17) is 0 Å². The minimum absolute atomic E-state index is 0.0666. The number of hydrogen-bond acceptors (Lipinski definition) is 2. The SMILES string of the molecule is CCN(CC)C(=O)NCCCCN1CCc2ccccc2C1. The molecule has 0 fully saturated rings. The molecule has 0 aliphatic carbocycles. The molecule has 1 aromatic carbocycles. The van der Waals surface area contributed by atoms with Gasteiger partial charge in [0.15, 0.2) is 0 Å². The van der Waals surface area contributed by atoms with Crippen LogP contribution < -0.4 is 5.32 Å². The Balaban J connectivity index is 1.61. The number of nitrogens with zero attached hydrogens (tertiary/aromatic N) is 2.